The fraction of sp³-hybridized carbons (Fsp3) is 0.360. The molecule has 0 radical (unpaired) electrons. The molecule has 1 amide bonds. The Hall–Kier alpha value is -3.04. The van der Waals surface area contributed by atoms with E-state index < -0.39 is 21.8 Å². The van der Waals surface area contributed by atoms with Crippen molar-refractivity contribution >= 4 is 21.6 Å². The molecule has 2 aromatic carbocycles. The van der Waals surface area contributed by atoms with Crippen LogP contribution in [-0.4, -0.2) is 41.9 Å². The van der Waals surface area contributed by atoms with E-state index in [1.165, 1.54) is 34.1 Å². The molecule has 0 spiro atoms. The Morgan fingerprint density at radius 1 is 1.09 bits per heavy atom. The highest BCUT2D eigenvalue weighted by atomic mass is 32.2. The van der Waals surface area contributed by atoms with Gasteiger partial charge in [-0.15, -0.1) is 0 Å². The van der Waals surface area contributed by atoms with Crippen molar-refractivity contribution in [3.8, 4) is 11.3 Å². The average molecular weight is 483 g/mol. The topological polar surface area (TPSA) is 95.2 Å². The van der Waals surface area contributed by atoms with Crippen LogP contribution in [-0.2, 0) is 27.7 Å². The minimum Gasteiger partial charge on any atom is -0.326 e. The number of halogens is 1. The summed E-state index contributed by atoms with van der Waals surface area (Å²) in [5.74, 6) is -1.17. The molecule has 1 aliphatic carbocycles. The van der Waals surface area contributed by atoms with E-state index in [-0.39, 0.29) is 17.3 Å². The van der Waals surface area contributed by atoms with Gasteiger partial charge in [0.05, 0.1) is 16.5 Å². The third-order valence-corrected chi connectivity index (χ3v) is 8.55. The number of aromatic amines is 1. The Morgan fingerprint density at radius 2 is 1.88 bits per heavy atom. The normalized spacial score (nSPS) is 18.9. The van der Waals surface area contributed by atoms with E-state index in [4.69, 9.17) is 0 Å². The van der Waals surface area contributed by atoms with Crippen molar-refractivity contribution in [2.45, 2.75) is 43.4 Å². The number of carbonyl (C=O) groups is 1. The molecule has 0 unspecified atom stereocenters. The van der Waals surface area contributed by atoms with Crippen molar-refractivity contribution in [2.24, 2.45) is 5.92 Å². The largest absolute Gasteiger partial charge is 0.326 e. The van der Waals surface area contributed by atoms with Crippen LogP contribution in [0.5, 0.6) is 0 Å². The number of rotatable bonds is 5. The molecular formula is C25H27FN4O3S. The molecule has 2 N–H and O–H groups in total. The van der Waals surface area contributed by atoms with Crippen LogP contribution < -0.4 is 5.32 Å². The molecule has 7 nitrogen and oxygen atoms in total. The molecule has 2 heterocycles. The summed E-state index contributed by atoms with van der Waals surface area (Å²) in [6, 6.07) is 12.4. The lowest BCUT2D eigenvalue weighted by molar-refractivity contribution is -0.120. The third-order valence-electron chi connectivity index (χ3n) is 6.67. The van der Waals surface area contributed by atoms with Crippen molar-refractivity contribution in [1.29, 1.82) is 0 Å². The number of fused-ring (bicyclic) bond motifs is 1. The highest BCUT2D eigenvalue weighted by Crippen LogP contribution is 2.31. The molecule has 2 aliphatic rings. The molecule has 1 aliphatic heterocycles. The maximum absolute atomic E-state index is 13.2. The molecule has 1 fully saturated rings. The van der Waals surface area contributed by atoms with E-state index >= 15 is 0 Å². The number of amides is 1. The number of H-pyrrole nitrogens is 1. The van der Waals surface area contributed by atoms with Crippen molar-refractivity contribution in [3.05, 3.63) is 65.6 Å². The number of anilines is 1. The molecule has 0 saturated carbocycles. The van der Waals surface area contributed by atoms with Crippen LogP contribution in [0.2, 0.25) is 0 Å². The quantitative estimate of drug-likeness (QED) is 0.572. The van der Waals surface area contributed by atoms with Gasteiger partial charge in [-0.2, -0.15) is 9.40 Å². The van der Waals surface area contributed by atoms with Crippen LogP contribution in [0.4, 0.5) is 10.1 Å². The summed E-state index contributed by atoms with van der Waals surface area (Å²) in [6.07, 6.45) is 5.51. The summed E-state index contributed by atoms with van der Waals surface area (Å²) in [6.45, 7) is 0.432. The number of hydrogen-bond donors (Lipinski definition) is 2. The van der Waals surface area contributed by atoms with Gasteiger partial charge < -0.3 is 5.32 Å². The Morgan fingerprint density at radius 3 is 2.71 bits per heavy atom. The minimum atomic E-state index is -3.79. The predicted octanol–water partition coefficient (Wildman–Crippen LogP) is 4.13. The molecule has 1 aromatic heterocycles. The van der Waals surface area contributed by atoms with Gasteiger partial charge in [-0.25, -0.2) is 12.8 Å². The third kappa shape index (κ3) is 4.50. The van der Waals surface area contributed by atoms with Gasteiger partial charge in [-0.1, -0.05) is 12.1 Å². The fourth-order valence-electron chi connectivity index (χ4n) is 4.84. The van der Waals surface area contributed by atoms with Gasteiger partial charge in [0.2, 0.25) is 15.9 Å². The predicted molar refractivity (Wildman–Crippen MR) is 127 cm³/mol. The highest BCUT2D eigenvalue weighted by molar-refractivity contribution is 7.89. The first-order valence-electron chi connectivity index (χ1n) is 11.6. The lowest BCUT2D eigenvalue weighted by atomic mass is 9.93. The molecule has 34 heavy (non-hydrogen) atoms. The molecule has 5 rings (SSSR count). The molecule has 9 heteroatoms. The first kappa shape index (κ1) is 22.7. The average Bonchev–Trinajstić information content (AvgIpc) is 3.29. The molecule has 1 saturated heterocycles. The minimum absolute atomic E-state index is 0.0324. The van der Waals surface area contributed by atoms with E-state index in [1.54, 1.807) is 0 Å². The van der Waals surface area contributed by atoms with Crippen LogP contribution in [0.3, 0.4) is 0 Å². The van der Waals surface area contributed by atoms with Crippen LogP contribution >= 0.6 is 0 Å². The maximum Gasteiger partial charge on any atom is 0.243 e. The maximum atomic E-state index is 13.2. The number of sulfonamides is 1. The van der Waals surface area contributed by atoms with Crippen molar-refractivity contribution in [2.75, 3.05) is 18.4 Å². The number of nitrogens with zero attached hydrogens (tertiary/aromatic N) is 2. The Labute approximate surface area is 198 Å². The van der Waals surface area contributed by atoms with Crippen molar-refractivity contribution in [3.63, 3.8) is 0 Å². The van der Waals surface area contributed by atoms with Gasteiger partial charge >= 0.3 is 0 Å². The zero-order valence-corrected chi connectivity index (χ0v) is 19.6. The second kappa shape index (κ2) is 9.31. The molecule has 178 valence electrons. The van der Waals surface area contributed by atoms with Crippen LogP contribution in [0, 0.1) is 11.7 Å². The number of nitrogens with one attached hydrogen (secondary N) is 2. The van der Waals surface area contributed by atoms with Crippen LogP contribution in [0.1, 0.15) is 36.9 Å². The van der Waals surface area contributed by atoms with Gasteiger partial charge in [-0.3, -0.25) is 9.89 Å². The SMILES string of the molecule is O=C(Nc1cccc(-c2n[nH]c3c2CCCC3)c1)[C@H]1CCCN(S(=O)(=O)c2ccc(F)cc2)C1. The Bertz CT molecular complexity index is 1300. The zero-order valence-electron chi connectivity index (χ0n) is 18.8. The lowest BCUT2D eigenvalue weighted by Crippen LogP contribution is -2.43. The lowest BCUT2D eigenvalue weighted by Gasteiger charge is -2.31. The van der Waals surface area contributed by atoms with E-state index in [0.29, 0.717) is 25.1 Å². The number of benzene rings is 2. The monoisotopic (exact) mass is 482 g/mol. The van der Waals surface area contributed by atoms with Gasteiger partial charge in [0.15, 0.2) is 0 Å². The molecule has 1 atom stereocenters. The fourth-order valence-corrected chi connectivity index (χ4v) is 6.36. The van der Waals surface area contributed by atoms with Crippen LogP contribution in [0.15, 0.2) is 53.4 Å². The summed E-state index contributed by atoms with van der Waals surface area (Å²) in [4.78, 5) is 13.1. The smallest absolute Gasteiger partial charge is 0.243 e. The summed E-state index contributed by atoms with van der Waals surface area (Å²) in [5, 5.41) is 10.6. The van der Waals surface area contributed by atoms with Gasteiger partial charge in [-0.05, 0) is 74.9 Å². The number of hydrogen-bond acceptors (Lipinski definition) is 4. The molecule has 3 aromatic rings. The molecular weight excluding hydrogens is 455 g/mol. The first-order chi connectivity index (χ1) is 16.4. The number of carbonyl (C=O) groups excluding carboxylic acids is 1. The first-order valence-corrected chi connectivity index (χ1v) is 13.1. The summed E-state index contributed by atoms with van der Waals surface area (Å²) >= 11 is 0. The number of piperidine rings is 1. The van der Waals surface area contributed by atoms with E-state index in [2.05, 4.69) is 15.5 Å². The summed E-state index contributed by atoms with van der Waals surface area (Å²) in [7, 11) is -3.79. The highest BCUT2D eigenvalue weighted by Gasteiger charge is 2.33. The van der Waals surface area contributed by atoms with E-state index in [9.17, 15) is 17.6 Å². The van der Waals surface area contributed by atoms with Crippen molar-refractivity contribution < 1.29 is 17.6 Å². The second-order valence-electron chi connectivity index (χ2n) is 8.96. The number of aryl methyl sites for hydroxylation is 1. The summed E-state index contributed by atoms with van der Waals surface area (Å²) < 4.78 is 40.5. The van der Waals surface area contributed by atoms with Gasteiger partial charge in [0, 0.05) is 35.6 Å². The van der Waals surface area contributed by atoms with Crippen molar-refractivity contribution in [1.82, 2.24) is 14.5 Å². The van der Waals surface area contributed by atoms with Gasteiger partial charge in [0.25, 0.3) is 0 Å². The second-order valence-corrected chi connectivity index (χ2v) is 10.9. The Kier molecular flexibility index (Phi) is 6.22. The Balaban J connectivity index is 1.29. The zero-order chi connectivity index (χ0) is 23.7. The van der Waals surface area contributed by atoms with E-state index in [1.807, 2.05) is 24.3 Å². The number of aromatic nitrogens is 2. The van der Waals surface area contributed by atoms with Crippen LogP contribution in [0.25, 0.3) is 11.3 Å². The summed E-state index contributed by atoms with van der Waals surface area (Å²) in [5.41, 5.74) is 4.99. The van der Waals surface area contributed by atoms with Gasteiger partial charge in [0.1, 0.15) is 5.82 Å². The standard InChI is InChI=1S/C25H27FN4O3S/c26-19-10-12-21(13-11-19)34(32,33)30-14-4-6-18(16-30)25(31)27-20-7-3-5-17(15-20)24-22-8-1-2-9-23(22)28-29-24/h3,5,7,10-13,15,18H,1-2,4,6,8-9,14,16H2,(H,27,31)(H,28,29)/t18-/m0/s1. The molecule has 0 bridgehead atoms. The van der Waals surface area contributed by atoms with E-state index in [0.717, 1.165) is 42.7 Å².